The lowest BCUT2D eigenvalue weighted by Crippen LogP contribution is -2.75. The molecule has 0 aliphatic carbocycles. The summed E-state index contributed by atoms with van der Waals surface area (Å²) in [6.07, 6.45) is 1.43. The number of amides is 1. The topological polar surface area (TPSA) is 75.3 Å². The molecule has 1 aliphatic rings. The van der Waals surface area contributed by atoms with Gasteiger partial charge in [0.05, 0.1) is 32.5 Å². The highest BCUT2D eigenvalue weighted by Crippen LogP contribution is 2.46. The van der Waals surface area contributed by atoms with Gasteiger partial charge in [-0.2, -0.15) is 0 Å². The van der Waals surface area contributed by atoms with Crippen molar-refractivity contribution in [2.75, 3.05) is 20.3 Å². The maximum atomic E-state index is 13.0. The minimum Gasteiger partial charge on any atom is -0.497 e. The molecular weight excluding hydrogens is 605 g/mol. The molecule has 0 saturated carbocycles. The Hall–Kier alpha value is -1.62. The maximum Gasteiger partial charge on any atom is 0.273 e. The van der Waals surface area contributed by atoms with E-state index < -0.39 is 41.4 Å². The number of rotatable bonds is 13. The van der Waals surface area contributed by atoms with Gasteiger partial charge in [-0.15, -0.1) is 6.58 Å². The van der Waals surface area contributed by atoms with E-state index in [4.69, 9.17) is 58.2 Å². The maximum absolute atomic E-state index is 13.0. The Bertz CT molecular complexity index is 1140. The molecule has 2 aromatic carbocycles. The van der Waals surface area contributed by atoms with Gasteiger partial charge in [-0.25, -0.2) is 0 Å². The molecule has 1 saturated heterocycles. The Balaban J connectivity index is 1.93. The van der Waals surface area contributed by atoms with Crippen LogP contribution in [0.25, 0.3) is 0 Å². The molecule has 1 fully saturated rings. The Morgan fingerprint density at radius 1 is 1.10 bits per heavy atom. The van der Waals surface area contributed by atoms with Gasteiger partial charge in [-0.3, -0.25) is 4.79 Å². The van der Waals surface area contributed by atoms with Gasteiger partial charge < -0.3 is 28.7 Å². The van der Waals surface area contributed by atoms with E-state index >= 15 is 0 Å². The second-order valence-corrected chi connectivity index (χ2v) is 17.9. The molecule has 41 heavy (non-hydrogen) atoms. The van der Waals surface area contributed by atoms with Gasteiger partial charge in [0, 0.05) is 12.5 Å². The number of benzene rings is 2. The van der Waals surface area contributed by atoms with Crippen molar-refractivity contribution in [2.24, 2.45) is 5.92 Å². The number of alkyl halides is 3. The van der Waals surface area contributed by atoms with Gasteiger partial charge in [-0.05, 0) is 56.2 Å². The van der Waals surface area contributed by atoms with E-state index in [2.05, 4.69) is 31.5 Å². The molecule has 4 atom stereocenters. The van der Waals surface area contributed by atoms with Crippen LogP contribution in [0.2, 0.25) is 19.6 Å². The Kier molecular flexibility index (Phi) is 11.8. The van der Waals surface area contributed by atoms with Crippen LogP contribution in [-0.2, 0) is 36.6 Å². The summed E-state index contributed by atoms with van der Waals surface area (Å²) >= 11 is 17.9. The summed E-state index contributed by atoms with van der Waals surface area (Å²) in [5.41, 5.74) is -0.259. The summed E-state index contributed by atoms with van der Waals surface area (Å²) in [4.78, 5) is 13.0. The molecule has 1 amide bonds. The lowest BCUT2D eigenvalue weighted by atomic mass is 9.69. The van der Waals surface area contributed by atoms with Gasteiger partial charge in [0.2, 0.25) is 0 Å². The molecule has 0 bridgehead atoms. The van der Waals surface area contributed by atoms with Gasteiger partial charge in [-0.1, -0.05) is 83.3 Å². The van der Waals surface area contributed by atoms with E-state index in [0.717, 1.165) is 16.9 Å². The lowest BCUT2D eigenvalue weighted by Gasteiger charge is -2.58. The summed E-state index contributed by atoms with van der Waals surface area (Å²) < 4.78 is 28.8. The van der Waals surface area contributed by atoms with Crippen molar-refractivity contribution in [3.8, 4) is 5.75 Å². The van der Waals surface area contributed by atoms with Gasteiger partial charge in [0.1, 0.15) is 11.3 Å². The first kappa shape index (κ1) is 33.9. The fraction of sp³-hybridized carbons (Fsp3) is 0.500. The van der Waals surface area contributed by atoms with E-state index in [1.807, 2.05) is 61.5 Å². The van der Waals surface area contributed by atoms with Crippen LogP contribution in [0.3, 0.4) is 0 Å². The molecule has 0 aromatic heterocycles. The molecule has 11 heteroatoms. The summed E-state index contributed by atoms with van der Waals surface area (Å²) in [6, 6.07) is 17.6. The highest BCUT2D eigenvalue weighted by molar-refractivity contribution is 6.76. The standard InChI is InChI=1S/C30H40Cl3NO6Si/c1-7-29(34-27(35)30(31,32)33)21-39-26(38-20-23-13-15-24(36-3)16-14-23)25(28(29,2)40-41(4,5)6)17-18-37-19-22-11-9-8-10-12-22/h7-16,25-26H,1,17-21H2,2-6H3,(H,34,35)/t25-,26+,28-,29?/m0/s1. The summed E-state index contributed by atoms with van der Waals surface area (Å²) in [5.74, 6) is -0.438. The summed E-state index contributed by atoms with van der Waals surface area (Å²) in [7, 11) is -0.628. The van der Waals surface area contributed by atoms with Crippen molar-refractivity contribution in [3.05, 3.63) is 78.4 Å². The fourth-order valence-electron chi connectivity index (χ4n) is 5.06. The van der Waals surface area contributed by atoms with E-state index in [1.54, 1.807) is 13.2 Å². The van der Waals surface area contributed by atoms with Crippen LogP contribution in [0.4, 0.5) is 0 Å². The summed E-state index contributed by atoms with van der Waals surface area (Å²) in [5, 5.41) is 2.90. The quantitative estimate of drug-likeness (QED) is 0.112. The lowest BCUT2D eigenvalue weighted by molar-refractivity contribution is -0.272. The monoisotopic (exact) mass is 643 g/mol. The first-order valence-electron chi connectivity index (χ1n) is 13.4. The van der Waals surface area contributed by atoms with Crippen LogP contribution in [0.15, 0.2) is 67.3 Å². The summed E-state index contributed by atoms with van der Waals surface area (Å²) in [6.45, 7) is 13.4. The fourth-order valence-corrected chi connectivity index (χ4v) is 6.81. The molecular formula is C30H40Cl3NO6Si. The SMILES string of the molecule is C=CC1(NC(=O)C(Cl)(Cl)Cl)CO[C@@H](OCc2ccc(OC)cc2)[C@H](CCOCc2ccccc2)[C@]1(C)O[Si](C)(C)C. The normalized spacial score (nSPS) is 25.0. The van der Waals surface area contributed by atoms with Gasteiger partial charge >= 0.3 is 0 Å². The molecule has 226 valence electrons. The van der Waals surface area contributed by atoms with Crippen LogP contribution >= 0.6 is 34.8 Å². The second kappa shape index (κ2) is 14.2. The van der Waals surface area contributed by atoms with Crippen molar-refractivity contribution in [1.82, 2.24) is 5.32 Å². The molecule has 0 radical (unpaired) electrons. The van der Waals surface area contributed by atoms with Crippen LogP contribution in [0.1, 0.15) is 24.5 Å². The highest BCUT2D eigenvalue weighted by atomic mass is 35.6. The number of hydrogen-bond acceptors (Lipinski definition) is 6. The predicted molar refractivity (Wildman–Crippen MR) is 166 cm³/mol. The third-order valence-corrected chi connectivity index (χ3v) is 8.67. The first-order chi connectivity index (χ1) is 19.2. The van der Waals surface area contributed by atoms with Crippen molar-refractivity contribution < 1.29 is 28.2 Å². The van der Waals surface area contributed by atoms with E-state index in [0.29, 0.717) is 26.2 Å². The van der Waals surface area contributed by atoms with E-state index in [9.17, 15) is 4.79 Å². The number of halogens is 3. The number of carbonyl (C=O) groups excluding carboxylic acids is 1. The van der Waals surface area contributed by atoms with Crippen LogP contribution < -0.4 is 10.1 Å². The Morgan fingerprint density at radius 2 is 1.73 bits per heavy atom. The minimum atomic E-state index is -2.25. The molecule has 7 nitrogen and oxygen atoms in total. The third kappa shape index (κ3) is 8.94. The van der Waals surface area contributed by atoms with Crippen LogP contribution in [0.5, 0.6) is 5.75 Å². The molecule has 2 aromatic rings. The highest BCUT2D eigenvalue weighted by Gasteiger charge is 2.61. The second-order valence-electron chi connectivity index (χ2n) is 11.2. The largest absolute Gasteiger partial charge is 0.497 e. The minimum absolute atomic E-state index is 0.00137. The zero-order valence-electron chi connectivity index (χ0n) is 24.3. The van der Waals surface area contributed by atoms with Crippen molar-refractivity contribution >= 4 is 49.0 Å². The number of ether oxygens (including phenoxy) is 4. The first-order valence-corrected chi connectivity index (χ1v) is 18.0. The molecule has 1 N–H and O–H groups in total. The number of hydrogen-bond donors (Lipinski definition) is 1. The number of carbonyl (C=O) groups is 1. The van der Waals surface area contributed by atoms with Crippen molar-refractivity contribution in [3.63, 3.8) is 0 Å². The molecule has 1 unspecified atom stereocenters. The van der Waals surface area contributed by atoms with Gasteiger partial charge in [0.25, 0.3) is 9.70 Å². The molecule has 1 aliphatic heterocycles. The smallest absolute Gasteiger partial charge is 0.273 e. The van der Waals surface area contributed by atoms with E-state index in [-0.39, 0.29) is 6.61 Å². The van der Waals surface area contributed by atoms with E-state index in [1.165, 1.54) is 0 Å². The zero-order valence-corrected chi connectivity index (χ0v) is 27.5. The number of nitrogens with one attached hydrogen (secondary N) is 1. The third-order valence-electron chi connectivity index (χ3n) is 7.12. The average Bonchev–Trinajstić information content (AvgIpc) is 2.91. The van der Waals surface area contributed by atoms with Crippen molar-refractivity contribution in [2.45, 2.75) is 67.4 Å². The van der Waals surface area contributed by atoms with Crippen LogP contribution in [-0.4, -0.2) is 55.8 Å². The molecule has 3 rings (SSSR count). The Morgan fingerprint density at radius 3 is 2.29 bits per heavy atom. The zero-order chi connectivity index (χ0) is 30.3. The average molecular weight is 645 g/mol. The van der Waals surface area contributed by atoms with Gasteiger partial charge in [0.15, 0.2) is 14.6 Å². The van der Waals surface area contributed by atoms with Crippen LogP contribution in [0, 0.1) is 5.92 Å². The predicted octanol–water partition coefficient (Wildman–Crippen LogP) is 6.81. The van der Waals surface area contributed by atoms with Crippen molar-refractivity contribution in [1.29, 1.82) is 0 Å². The number of methoxy groups -OCH3 is 1. The molecule has 0 spiro atoms. The molecule has 1 heterocycles. The Labute approximate surface area is 259 Å².